The van der Waals surface area contributed by atoms with Crippen LogP contribution in [0, 0.1) is 0 Å². The molecule has 0 saturated carbocycles. The molecule has 0 aromatic heterocycles. The summed E-state index contributed by atoms with van der Waals surface area (Å²) in [5, 5.41) is 0. The Morgan fingerprint density at radius 2 is 1.72 bits per heavy atom. The van der Waals surface area contributed by atoms with E-state index >= 15 is 0 Å². The molecule has 0 amide bonds. The van der Waals surface area contributed by atoms with Crippen molar-refractivity contribution in [2.45, 2.75) is 23.6 Å². The van der Waals surface area contributed by atoms with Crippen LogP contribution in [-0.2, 0) is 16.0 Å². The van der Waals surface area contributed by atoms with Crippen LogP contribution < -0.4 is 4.74 Å². The van der Waals surface area contributed by atoms with Crippen LogP contribution in [0.5, 0.6) is 5.75 Å². The van der Waals surface area contributed by atoms with Crippen molar-refractivity contribution in [2.75, 3.05) is 0 Å². The van der Waals surface area contributed by atoms with Gasteiger partial charge in [-0.1, -0.05) is 46.9 Å². The van der Waals surface area contributed by atoms with Crippen LogP contribution in [0.15, 0.2) is 24.3 Å². The summed E-state index contributed by atoms with van der Waals surface area (Å²) in [5.74, 6) is -0.538. The predicted octanol–water partition coefficient (Wildman–Crippen LogP) is 3.48. The molecule has 0 unspecified atom stereocenters. The number of aryl methyl sites for hydroxylation is 1. The highest BCUT2D eigenvalue weighted by molar-refractivity contribution is 6.75. The molecular weight excluding hydrogens is 298 g/mol. The van der Waals surface area contributed by atoms with Gasteiger partial charge in [0.1, 0.15) is 11.5 Å². The van der Waals surface area contributed by atoms with Gasteiger partial charge in [0.25, 0.3) is 3.79 Å². The smallest absolute Gasteiger partial charge is 0.363 e. The number of esters is 1. The molecule has 0 aliphatic carbocycles. The zero-order chi connectivity index (χ0) is 13.8. The monoisotopic (exact) mass is 308 g/mol. The highest BCUT2D eigenvalue weighted by Gasteiger charge is 2.33. The highest BCUT2D eigenvalue weighted by Crippen LogP contribution is 2.28. The van der Waals surface area contributed by atoms with Crippen LogP contribution in [-0.4, -0.2) is 15.5 Å². The van der Waals surface area contributed by atoms with Gasteiger partial charge in [0.15, 0.2) is 0 Å². The summed E-state index contributed by atoms with van der Waals surface area (Å²) in [6.07, 6.45) is 1.13. The van der Waals surface area contributed by atoms with Gasteiger partial charge in [-0.15, -0.1) is 0 Å². The van der Waals surface area contributed by atoms with Crippen LogP contribution in [0.1, 0.15) is 18.9 Å². The van der Waals surface area contributed by atoms with E-state index in [1.165, 1.54) is 6.92 Å². The van der Waals surface area contributed by atoms with Crippen molar-refractivity contribution in [2.24, 2.45) is 0 Å². The summed E-state index contributed by atoms with van der Waals surface area (Å²) in [4.78, 5) is 22.1. The van der Waals surface area contributed by atoms with E-state index in [0.29, 0.717) is 12.8 Å². The van der Waals surface area contributed by atoms with E-state index in [4.69, 9.17) is 39.5 Å². The second kappa shape index (κ2) is 6.41. The molecule has 1 aromatic rings. The van der Waals surface area contributed by atoms with Gasteiger partial charge >= 0.3 is 5.97 Å². The van der Waals surface area contributed by atoms with Crippen LogP contribution in [0.2, 0.25) is 0 Å². The summed E-state index contributed by atoms with van der Waals surface area (Å²) in [5.41, 5.74) is 0.971. The Morgan fingerprint density at radius 3 is 2.17 bits per heavy atom. The largest absolute Gasteiger partial charge is 0.423 e. The van der Waals surface area contributed by atoms with Crippen molar-refractivity contribution in [3.63, 3.8) is 0 Å². The van der Waals surface area contributed by atoms with Gasteiger partial charge in [0, 0.05) is 6.42 Å². The molecule has 6 heteroatoms. The molecule has 0 fully saturated rings. The quantitative estimate of drug-likeness (QED) is 0.486. The van der Waals surface area contributed by atoms with Crippen molar-refractivity contribution in [3.8, 4) is 5.75 Å². The Labute approximate surface area is 120 Å². The third kappa shape index (κ3) is 5.25. The molecule has 1 aromatic carbocycles. The number of hydrogen-bond donors (Lipinski definition) is 0. The van der Waals surface area contributed by atoms with Crippen molar-refractivity contribution >= 4 is 46.6 Å². The second-order valence-corrected chi connectivity index (χ2v) is 6.01. The zero-order valence-corrected chi connectivity index (χ0v) is 11.9. The molecule has 0 aliphatic heterocycles. The number of rotatable bonds is 4. The summed E-state index contributed by atoms with van der Waals surface area (Å²) in [7, 11) is 0. The average Bonchev–Trinajstić information content (AvgIpc) is 2.26. The van der Waals surface area contributed by atoms with E-state index < -0.39 is 9.76 Å². The minimum Gasteiger partial charge on any atom is -0.423 e. The molecule has 0 bridgehead atoms. The van der Waals surface area contributed by atoms with Crippen LogP contribution >= 0.6 is 34.8 Å². The molecule has 18 heavy (non-hydrogen) atoms. The topological polar surface area (TPSA) is 43.4 Å². The van der Waals surface area contributed by atoms with Crippen molar-refractivity contribution in [1.29, 1.82) is 0 Å². The molecule has 0 heterocycles. The van der Waals surface area contributed by atoms with E-state index in [1.807, 2.05) is 0 Å². The average molecular weight is 310 g/mol. The Balaban J connectivity index is 2.60. The van der Waals surface area contributed by atoms with Gasteiger partial charge in [-0.25, -0.2) is 4.79 Å². The molecule has 0 saturated heterocycles. The van der Waals surface area contributed by atoms with Crippen LogP contribution in [0.25, 0.3) is 0 Å². The molecule has 0 radical (unpaired) electrons. The first kappa shape index (κ1) is 15.3. The fourth-order valence-corrected chi connectivity index (χ4v) is 1.33. The van der Waals surface area contributed by atoms with Crippen molar-refractivity contribution < 1.29 is 14.3 Å². The summed E-state index contributed by atoms with van der Waals surface area (Å²) in [6, 6.07) is 6.68. The molecule has 3 nitrogen and oxygen atoms in total. The fraction of sp³-hybridized carbons (Fsp3) is 0.333. The van der Waals surface area contributed by atoms with E-state index in [0.717, 1.165) is 5.56 Å². The van der Waals surface area contributed by atoms with Crippen molar-refractivity contribution in [3.05, 3.63) is 29.8 Å². The number of benzene rings is 1. The Morgan fingerprint density at radius 1 is 1.17 bits per heavy atom. The third-order valence-electron chi connectivity index (χ3n) is 2.13. The van der Waals surface area contributed by atoms with Crippen LogP contribution in [0.3, 0.4) is 0 Å². The van der Waals surface area contributed by atoms with E-state index in [9.17, 15) is 9.59 Å². The molecule has 0 N–H and O–H groups in total. The number of halogens is 3. The minimum absolute atomic E-state index is 0.127. The molecule has 0 spiro atoms. The van der Waals surface area contributed by atoms with Gasteiger partial charge in [0.2, 0.25) is 0 Å². The maximum atomic E-state index is 11.3. The predicted molar refractivity (Wildman–Crippen MR) is 71.4 cm³/mol. The second-order valence-electron chi connectivity index (χ2n) is 3.73. The Kier molecular flexibility index (Phi) is 5.45. The molecular formula is C12H11Cl3O3. The lowest BCUT2D eigenvalue weighted by Crippen LogP contribution is -2.24. The number of ketones is 1. The standard InChI is InChI=1S/C12H11Cl3O3/c1-8(16)2-3-9-4-6-10(7-5-9)18-11(17)12(13,14)15/h4-7H,2-3H2,1H3. The first-order valence-corrected chi connectivity index (χ1v) is 6.30. The lowest BCUT2D eigenvalue weighted by molar-refractivity contribution is -0.133. The lowest BCUT2D eigenvalue weighted by atomic mass is 10.1. The Hall–Kier alpha value is -0.770. The number of ether oxygens (including phenoxy) is 1. The van der Waals surface area contributed by atoms with Crippen molar-refractivity contribution in [1.82, 2.24) is 0 Å². The summed E-state index contributed by atoms with van der Waals surface area (Å²) in [6.45, 7) is 1.54. The van der Waals surface area contributed by atoms with Gasteiger partial charge < -0.3 is 9.53 Å². The number of carbonyl (C=O) groups is 2. The first-order chi connectivity index (χ1) is 8.29. The lowest BCUT2D eigenvalue weighted by Gasteiger charge is -2.10. The van der Waals surface area contributed by atoms with E-state index in [-0.39, 0.29) is 11.5 Å². The third-order valence-corrected chi connectivity index (χ3v) is 2.59. The molecule has 1 rings (SSSR count). The number of Topliss-reactive ketones (excluding diaryl/α,β-unsaturated/α-hetero) is 1. The maximum Gasteiger partial charge on any atom is 0.363 e. The fourth-order valence-electron chi connectivity index (χ4n) is 1.21. The van der Waals surface area contributed by atoms with E-state index in [1.54, 1.807) is 24.3 Å². The molecule has 98 valence electrons. The SMILES string of the molecule is CC(=O)CCc1ccc(OC(=O)C(Cl)(Cl)Cl)cc1. The number of carbonyl (C=O) groups excluding carboxylic acids is 2. The van der Waals surface area contributed by atoms with Gasteiger partial charge in [0.05, 0.1) is 0 Å². The Bertz CT molecular complexity index is 435. The zero-order valence-electron chi connectivity index (χ0n) is 9.58. The highest BCUT2D eigenvalue weighted by atomic mass is 35.6. The van der Waals surface area contributed by atoms with Crippen LogP contribution in [0.4, 0.5) is 0 Å². The van der Waals surface area contributed by atoms with Gasteiger partial charge in [-0.3, -0.25) is 0 Å². The normalized spacial score (nSPS) is 11.1. The minimum atomic E-state index is -2.09. The van der Waals surface area contributed by atoms with Gasteiger partial charge in [-0.2, -0.15) is 0 Å². The first-order valence-electron chi connectivity index (χ1n) is 5.16. The summed E-state index contributed by atoms with van der Waals surface area (Å²) >= 11 is 16.1. The number of alkyl halides is 3. The number of hydrogen-bond acceptors (Lipinski definition) is 3. The summed E-state index contributed by atoms with van der Waals surface area (Å²) < 4.78 is 2.77. The van der Waals surface area contributed by atoms with E-state index in [2.05, 4.69) is 0 Å². The molecule has 0 atom stereocenters. The molecule has 0 aliphatic rings. The maximum absolute atomic E-state index is 11.3. The van der Waals surface area contributed by atoms with Gasteiger partial charge in [-0.05, 0) is 31.0 Å².